The third-order valence-electron chi connectivity index (χ3n) is 3.91. The molecule has 0 bridgehead atoms. The molecule has 3 aromatic rings. The van der Waals surface area contributed by atoms with Crippen molar-refractivity contribution in [3.05, 3.63) is 89.4 Å². The number of hydrogen-bond donors (Lipinski definition) is 1. The summed E-state index contributed by atoms with van der Waals surface area (Å²) < 4.78 is 37.3. The number of nitrogens with one attached hydrogen (secondary N) is 1. The summed E-state index contributed by atoms with van der Waals surface area (Å²) in [5.41, 5.74) is 1.23. The van der Waals surface area contributed by atoms with Gasteiger partial charge in [0.05, 0.1) is 34.9 Å². The van der Waals surface area contributed by atoms with Gasteiger partial charge in [0.25, 0.3) is 0 Å². The molecule has 0 aliphatic carbocycles. The van der Waals surface area contributed by atoms with E-state index in [0.29, 0.717) is 16.9 Å². The van der Waals surface area contributed by atoms with E-state index in [2.05, 4.69) is 4.72 Å². The van der Waals surface area contributed by atoms with Crippen LogP contribution < -0.4 is 4.72 Å². The van der Waals surface area contributed by atoms with Gasteiger partial charge in [-0.1, -0.05) is 18.2 Å². The van der Waals surface area contributed by atoms with Gasteiger partial charge in [0.1, 0.15) is 12.4 Å². The van der Waals surface area contributed by atoms with Crippen LogP contribution in [-0.4, -0.2) is 14.4 Å². The maximum atomic E-state index is 12.3. The minimum atomic E-state index is -3.74. The molecule has 1 N–H and O–H groups in total. The molecule has 0 aliphatic heterocycles. The SMILES string of the molecule is N#Cc1ccccc1COC(=O)c1ccc(S(=O)(=O)NCc2ccco2)cc1. The fourth-order valence-electron chi connectivity index (χ4n) is 2.41. The average molecular weight is 396 g/mol. The van der Waals surface area contributed by atoms with Crippen molar-refractivity contribution in [1.82, 2.24) is 4.72 Å². The van der Waals surface area contributed by atoms with Crippen molar-refractivity contribution in [3.63, 3.8) is 0 Å². The van der Waals surface area contributed by atoms with Crippen LogP contribution in [0.4, 0.5) is 0 Å². The smallest absolute Gasteiger partial charge is 0.338 e. The highest BCUT2D eigenvalue weighted by Gasteiger charge is 2.16. The molecule has 8 heteroatoms. The number of nitrogens with zero attached hydrogens (tertiary/aromatic N) is 1. The molecule has 3 rings (SSSR count). The highest BCUT2D eigenvalue weighted by atomic mass is 32.2. The van der Waals surface area contributed by atoms with E-state index in [1.807, 2.05) is 6.07 Å². The van der Waals surface area contributed by atoms with Crippen LogP contribution in [0.5, 0.6) is 0 Å². The van der Waals surface area contributed by atoms with Crippen LogP contribution in [0.2, 0.25) is 0 Å². The topological polar surface area (TPSA) is 109 Å². The molecule has 7 nitrogen and oxygen atoms in total. The van der Waals surface area contributed by atoms with Gasteiger partial charge in [0.15, 0.2) is 0 Å². The average Bonchev–Trinajstić information content (AvgIpc) is 3.24. The van der Waals surface area contributed by atoms with Crippen molar-refractivity contribution < 1.29 is 22.4 Å². The van der Waals surface area contributed by atoms with Crippen molar-refractivity contribution >= 4 is 16.0 Å². The Morgan fingerprint density at radius 1 is 1.07 bits per heavy atom. The maximum absolute atomic E-state index is 12.3. The van der Waals surface area contributed by atoms with Crippen LogP contribution in [0.3, 0.4) is 0 Å². The van der Waals surface area contributed by atoms with Gasteiger partial charge in [-0.2, -0.15) is 5.26 Å². The second-order valence-electron chi connectivity index (χ2n) is 5.77. The number of carbonyl (C=O) groups is 1. The standard InChI is InChI=1S/C20H16N2O5S/c21-12-16-4-1-2-5-17(16)14-27-20(23)15-7-9-19(10-8-15)28(24,25)22-13-18-6-3-11-26-18/h1-11,22H,13-14H2. The maximum Gasteiger partial charge on any atom is 0.338 e. The zero-order chi connectivity index (χ0) is 20.0. The Bertz CT molecular complexity index is 1100. The van der Waals surface area contributed by atoms with E-state index in [1.54, 1.807) is 36.4 Å². The Labute approximate surface area is 162 Å². The van der Waals surface area contributed by atoms with Crippen molar-refractivity contribution in [2.45, 2.75) is 18.0 Å². The molecule has 1 heterocycles. The zero-order valence-corrected chi connectivity index (χ0v) is 15.5. The van der Waals surface area contributed by atoms with Crippen LogP contribution in [0, 0.1) is 11.3 Å². The molecule has 0 amide bonds. The number of rotatable bonds is 7. The number of nitriles is 1. The summed E-state index contributed by atoms with van der Waals surface area (Å²) in [5, 5.41) is 9.05. The summed E-state index contributed by atoms with van der Waals surface area (Å²) in [6.45, 7) is -0.0231. The van der Waals surface area contributed by atoms with Gasteiger partial charge in [-0.05, 0) is 42.5 Å². The first kappa shape index (κ1) is 19.4. The number of esters is 1. The van der Waals surface area contributed by atoms with E-state index in [9.17, 15) is 13.2 Å². The van der Waals surface area contributed by atoms with Crippen LogP contribution in [0.15, 0.2) is 76.2 Å². The van der Waals surface area contributed by atoms with E-state index in [-0.39, 0.29) is 23.6 Å². The molecule has 0 aliphatic rings. The summed E-state index contributed by atoms with van der Waals surface area (Å²) >= 11 is 0. The Morgan fingerprint density at radius 2 is 1.82 bits per heavy atom. The van der Waals surface area contributed by atoms with E-state index < -0.39 is 16.0 Å². The Balaban J connectivity index is 1.63. The molecule has 0 spiro atoms. The molecule has 0 saturated carbocycles. The van der Waals surface area contributed by atoms with E-state index >= 15 is 0 Å². The number of sulfonamides is 1. The first-order valence-corrected chi connectivity index (χ1v) is 9.75. The first-order valence-electron chi connectivity index (χ1n) is 8.27. The van der Waals surface area contributed by atoms with Crippen molar-refractivity contribution in [1.29, 1.82) is 5.26 Å². The van der Waals surface area contributed by atoms with Crippen molar-refractivity contribution in [2.75, 3.05) is 0 Å². The summed E-state index contributed by atoms with van der Waals surface area (Å²) in [7, 11) is -3.74. The molecule has 142 valence electrons. The predicted molar refractivity (Wildman–Crippen MR) is 99.5 cm³/mol. The number of hydrogen-bond acceptors (Lipinski definition) is 6. The Kier molecular flexibility index (Phi) is 5.89. The lowest BCUT2D eigenvalue weighted by molar-refractivity contribution is 0.0472. The largest absolute Gasteiger partial charge is 0.468 e. The monoisotopic (exact) mass is 396 g/mol. The number of furan rings is 1. The molecule has 0 radical (unpaired) electrons. The molecule has 0 fully saturated rings. The second kappa shape index (κ2) is 8.52. The quantitative estimate of drug-likeness (QED) is 0.615. The van der Waals surface area contributed by atoms with Crippen LogP contribution >= 0.6 is 0 Å². The fraction of sp³-hybridized carbons (Fsp3) is 0.100. The molecule has 0 unspecified atom stereocenters. The third-order valence-corrected chi connectivity index (χ3v) is 5.33. The summed E-state index contributed by atoms with van der Waals surface area (Å²) in [5.74, 6) is -0.123. The number of benzene rings is 2. The lowest BCUT2D eigenvalue weighted by atomic mass is 10.1. The van der Waals surface area contributed by atoms with Crippen molar-refractivity contribution in [3.8, 4) is 6.07 Å². The molecule has 28 heavy (non-hydrogen) atoms. The molecule has 0 saturated heterocycles. The second-order valence-corrected chi connectivity index (χ2v) is 7.54. The van der Waals surface area contributed by atoms with Gasteiger partial charge in [-0.25, -0.2) is 17.9 Å². The van der Waals surface area contributed by atoms with E-state index in [1.165, 1.54) is 30.5 Å². The van der Waals surface area contributed by atoms with Gasteiger partial charge >= 0.3 is 5.97 Å². The Morgan fingerprint density at radius 3 is 2.50 bits per heavy atom. The van der Waals surface area contributed by atoms with Crippen molar-refractivity contribution in [2.24, 2.45) is 0 Å². The normalized spacial score (nSPS) is 11.0. The van der Waals surface area contributed by atoms with Gasteiger partial charge in [-0.3, -0.25) is 0 Å². The fourth-order valence-corrected chi connectivity index (χ4v) is 3.41. The Hall–Kier alpha value is -3.41. The lowest BCUT2D eigenvalue weighted by Gasteiger charge is -2.08. The molecule has 1 aromatic heterocycles. The minimum absolute atomic E-state index is 0.0189. The molecule has 2 aromatic carbocycles. The summed E-state index contributed by atoms with van der Waals surface area (Å²) in [4.78, 5) is 12.2. The minimum Gasteiger partial charge on any atom is -0.468 e. The van der Waals surface area contributed by atoms with E-state index in [0.717, 1.165) is 0 Å². The van der Waals surface area contributed by atoms with Gasteiger partial charge in [0, 0.05) is 5.56 Å². The highest BCUT2D eigenvalue weighted by molar-refractivity contribution is 7.89. The lowest BCUT2D eigenvalue weighted by Crippen LogP contribution is -2.23. The van der Waals surface area contributed by atoms with Gasteiger partial charge in [-0.15, -0.1) is 0 Å². The predicted octanol–water partition coefficient (Wildman–Crippen LogP) is 2.99. The van der Waals surface area contributed by atoms with E-state index in [4.69, 9.17) is 14.4 Å². The zero-order valence-electron chi connectivity index (χ0n) is 14.7. The molecular formula is C20H16N2O5S. The highest BCUT2D eigenvalue weighted by Crippen LogP contribution is 2.14. The number of carbonyl (C=O) groups excluding carboxylic acids is 1. The third kappa shape index (κ3) is 4.65. The molecule has 0 atom stereocenters. The van der Waals surface area contributed by atoms with Crippen LogP contribution in [0.1, 0.15) is 27.2 Å². The summed E-state index contributed by atoms with van der Waals surface area (Å²) in [6.07, 6.45) is 1.46. The van der Waals surface area contributed by atoms with Crippen LogP contribution in [-0.2, 0) is 27.9 Å². The van der Waals surface area contributed by atoms with Gasteiger partial charge in [0.2, 0.25) is 10.0 Å². The summed E-state index contributed by atoms with van der Waals surface area (Å²) in [6, 6.07) is 17.6. The number of ether oxygens (including phenoxy) is 1. The van der Waals surface area contributed by atoms with Gasteiger partial charge < -0.3 is 9.15 Å². The first-order chi connectivity index (χ1) is 13.5. The molecular weight excluding hydrogens is 380 g/mol. The van der Waals surface area contributed by atoms with Crippen LogP contribution in [0.25, 0.3) is 0 Å².